The van der Waals surface area contributed by atoms with Crippen LogP contribution in [0.3, 0.4) is 0 Å². The third-order valence-electron chi connectivity index (χ3n) is 5.57. The number of aromatic nitrogens is 1. The molecule has 0 saturated heterocycles. The lowest BCUT2D eigenvalue weighted by Crippen LogP contribution is -2.46. The van der Waals surface area contributed by atoms with E-state index in [0.717, 1.165) is 16.7 Å². The SMILES string of the molecule is CC(c1ccc(Br)cc1Cl)C(O)(c1ccc2oc(=O)n(C)c2c1)C(F)(F)F.C[Si](C)(C)C(F)(F)F. The van der Waals surface area contributed by atoms with Gasteiger partial charge in [-0.05, 0) is 35.4 Å². The third-order valence-corrected chi connectivity index (χ3v) is 8.09. The Morgan fingerprint density at radius 2 is 1.60 bits per heavy atom. The van der Waals surface area contributed by atoms with Crippen LogP contribution < -0.4 is 5.76 Å². The summed E-state index contributed by atoms with van der Waals surface area (Å²) in [7, 11) is -1.48. The molecule has 1 N–H and O–H groups in total. The molecule has 35 heavy (non-hydrogen) atoms. The van der Waals surface area contributed by atoms with Crippen molar-refractivity contribution in [2.45, 2.75) is 50.1 Å². The van der Waals surface area contributed by atoms with Gasteiger partial charge >= 0.3 is 17.7 Å². The van der Waals surface area contributed by atoms with Gasteiger partial charge < -0.3 is 9.52 Å². The van der Waals surface area contributed by atoms with Crippen LogP contribution in [0.1, 0.15) is 24.0 Å². The number of benzene rings is 2. The van der Waals surface area contributed by atoms with Crippen LogP contribution in [0.25, 0.3) is 11.1 Å². The number of halogens is 8. The second-order valence-electron chi connectivity index (χ2n) is 9.01. The van der Waals surface area contributed by atoms with Crippen molar-refractivity contribution in [3.05, 3.63) is 67.6 Å². The molecule has 13 heteroatoms. The van der Waals surface area contributed by atoms with Gasteiger partial charge in [0.05, 0.1) is 5.52 Å². The van der Waals surface area contributed by atoms with Crippen LogP contribution in [0.2, 0.25) is 24.7 Å². The van der Waals surface area contributed by atoms with E-state index in [-0.39, 0.29) is 21.7 Å². The fraction of sp³-hybridized carbons (Fsp3) is 0.409. The second kappa shape index (κ2) is 9.95. The molecule has 2 unspecified atom stereocenters. The molecule has 4 nitrogen and oxygen atoms in total. The molecule has 194 valence electrons. The molecule has 2 aromatic carbocycles. The van der Waals surface area contributed by atoms with Crippen LogP contribution in [-0.4, -0.2) is 29.7 Å². The highest BCUT2D eigenvalue weighted by atomic mass is 79.9. The Labute approximate surface area is 211 Å². The summed E-state index contributed by atoms with van der Waals surface area (Å²) in [6.07, 6.45) is -5.00. The Hall–Kier alpha value is -1.76. The number of aliphatic hydroxyl groups is 1. The molecule has 0 amide bonds. The van der Waals surface area contributed by atoms with Gasteiger partial charge in [-0.1, -0.05) is 66.2 Å². The molecule has 0 saturated carbocycles. The van der Waals surface area contributed by atoms with E-state index in [1.165, 1.54) is 51.8 Å². The summed E-state index contributed by atoms with van der Waals surface area (Å²) in [6, 6.07) is 7.89. The molecule has 3 rings (SSSR count). The minimum absolute atomic E-state index is 0.0938. The van der Waals surface area contributed by atoms with E-state index in [1.807, 2.05) is 0 Å². The molecular weight excluding hydrogens is 584 g/mol. The molecule has 0 fully saturated rings. The second-order valence-corrected chi connectivity index (χ2v) is 15.4. The minimum atomic E-state index is -5.00. The molecule has 1 heterocycles. The number of aryl methyl sites for hydroxylation is 1. The van der Waals surface area contributed by atoms with Crippen molar-refractivity contribution in [2.24, 2.45) is 7.05 Å². The topological polar surface area (TPSA) is 55.4 Å². The third kappa shape index (κ3) is 5.97. The average molecular weight is 607 g/mol. The highest BCUT2D eigenvalue weighted by Gasteiger charge is 2.59. The average Bonchev–Trinajstić information content (AvgIpc) is 2.98. The van der Waals surface area contributed by atoms with E-state index < -0.39 is 42.9 Å². The highest BCUT2D eigenvalue weighted by Crippen LogP contribution is 2.50. The van der Waals surface area contributed by atoms with Crippen LogP contribution in [0, 0.1) is 0 Å². The summed E-state index contributed by atoms with van der Waals surface area (Å²) in [5, 5.41) is 11.0. The molecule has 3 aromatic rings. The zero-order valence-corrected chi connectivity index (χ0v) is 22.6. The molecule has 0 aliphatic carbocycles. The number of rotatable bonds is 3. The van der Waals surface area contributed by atoms with Gasteiger partial charge in [-0.2, -0.15) is 26.3 Å². The van der Waals surface area contributed by atoms with Gasteiger partial charge in [0.25, 0.3) is 0 Å². The van der Waals surface area contributed by atoms with Crippen molar-refractivity contribution in [1.29, 1.82) is 0 Å². The first-order valence-corrected chi connectivity index (χ1v) is 14.8. The summed E-state index contributed by atoms with van der Waals surface area (Å²) in [5.74, 6) is -6.05. The van der Waals surface area contributed by atoms with Crippen LogP contribution in [0.4, 0.5) is 26.3 Å². The fourth-order valence-corrected chi connectivity index (χ4v) is 3.94. The van der Waals surface area contributed by atoms with Crippen molar-refractivity contribution in [3.8, 4) is 0 Å². The van der Waals surface area contributed by atoms with Gasteiger partial charge in [-0.3, -0.25) is 4.57 Å². The molecule has 0 aliphatic rings. The van der Waals surface area contributed by atoms with Crippen LogP contribution in [0.5, 0.6) is 0 Å². The van der Waals surface area contributed by atoms with Crippen molar-refractivity contribution in [3.63, 3.8) is 0 Å². The molecule has 2 atom stereocenters. The van der Waals surface area contributed by atoms with Crippen LogP contribution in [0.15, 0.2) is 50.1 Å². The number of hydrogen-bond acceptors (Lipinski definition) is 3. The summed E-state index contributed by atoms with van der Waals surface area (Å²) >= 11 is 9.33. The summed E-state index contributed by atoms with van der Waals surface area (Å²) in [6.45, 7) is 5.11. The first-order valence-electron chi connectivity index (χ1n) is 10.1. The number of nitrogens with zero attached hydrogens (tertiary/aromatic N) is 1. The zero-order chi connectivity index (χ0) is 27.1. The Morgan fingerprint density at radius 3 is 2.06 bits per heavy atom. The van der Waals surface area contributed by atoms with Crippen molar-refractivity contribution < 1.29 is 35.9 Å². The molecule has 0 radical (unpaired) electrons. The maximum Gasteiger partial charge on any atom is 0.422 e. The van der Waals surface area contributed by atoms with Gasteiger partial charge in [0.15, 0.2) is 19.3 Å². The van der Waals surface area contributed by atoms with Crippen molar-refractivity contribution in [1.82, 2.24) is 4.57 Å². The lowest BCUT2D eigenvalue weighted by molar-refractivity contribution is -0.274. The Morgan fingerprint density at radius 1 is 1.06 bits per heavy atom. The van der Waals surface area contributed by atoms with Gasteiger partial charge in [-0.15, -0.1) is 0 Å². The molecule has 0 aliphatic heterocycles. The number of alkyl halides is 6. The number of fused-ring (bicyclic) bond motifs is 1. The molecular formula is C22H23BrClF6NO3Si. The molecule has 0 bridgehead atoms. The van der Waals surface area contributed by atoms with E-state index in [0.29, 0.717) is 4.47 Å². The first-order chi connectivity index (χ1) is 15.7. The lowest BCUT2D eigenvalue weighted by Gasteiger charge is -2.37. The van der Waals surface area contributed by atoms with Crippen molar-refractivity contribution in [2.75, 3.05) is 0 Å². The largest absolute Gasteiger partial charge is 0.422 e. The summed E-state index contributed by atoms with van der Waals surface area (Å²) in [4.78, 5) is 11.6. The fourth-order valence-electron chi connectivity index (χ4n) is 3.10. The summed E-state index contributed by atoms with van der Waals surface area (Å²) < 4.78 is 83.6. The van der Waals surface area contributed by atoms with Crippen molar-refractivity contribution >= 4 is 46.7 Å². The zero-order valence-electron chi connectivity index (χ0n) is 19.3. The number of oxazole rings is 1. The van der Waals surface area contributed by atoms with E-state index in [2.05, 4.69) is 15.9 Å². The van der Waals surface area contributed by atoms with Crippen LogP contribution in [-0.2, 0) is 12.6 Å². The molecule has 0 spiro atoms. The van der Waals surface area contributed by atoms with E-state index in [1.54, 1.807) is 6.07 Å². The standard InChI is InChI=1S/C18H14BrClF3NO3.C4H9F3Si/c1-9(12-5-4-11(19)8-13(12)20)17(26,18(21,22)23)10-3-6-15-14(7-10)24(2)16(25)27-15;1-8(2,3)4(5,6)7/h3-9,26H,1-2H3;1-3H3. The minimum Gasteiger partial charge on any atom is -0.408 e. The smallest absolute Gasteiger partial charge is 0.408 e. The van der Waals surface area contributed by atoms with E-state index in [4.69, 9.17) is 16.0 Å². The number of hydrogen-bond donors (Lipinski definition) is 1. The Bertz CT molecular complexity index is 1250. The predicted octanol–water partition coefficient (Wildman–Crippen LogP) is 7.53. The van der Waals surface area contributed by atoms with E-state index >= 15 is 0 Å². The summed E-state index contributed by atoms with van der Waals surface area (Å²) in [5.41, 5.74) is -3.22. The Kier molecular flexibility index (Phi) is 8.37. The molecule has 1 aromatic heterocycles. The van der Waals surface area contributed by atoms with Gasteiger partial charge in [0, 0.05) is 22.5 Å². The monoisotopic (exact) mass is 605 g/mol. The quantitative estimate of drug-likeness (QED) is 0.248. The van der Waals surface area contributed by atoms with Gasteiger partial charge in [-0.25, -0.2) is 4.79 Å². The predicted molar refractivity (Wildman–Crippen MR) is 128 cm³/mol. The maximum atomic E-state index is 14.0. The van der Waals surface area contributed by atoms with Crippen LogP contribution >= 0.6 is 27.5 Å². The van der Waals surface area contributed by atoms with E-state index in [9.17, 15) is 36.2 Å². The highest BCUT2D eigenvalue weighted by molar-refractivity contribution is 9.10. The first kappa shape index (κ1) is 29.5. The maximum absolute atomic E-state index is 14.0. The normalized spacial score (nSPS) is 15.4. The Balaban J connectivity index is 0.000000466. The van der Waals surface area contributed by atoms with Gasteiger partial charge in [0.2, 0.25) is 0 Å². The lowest BCUT2D eigenvalue weighted by atomic mass is 9.77. The van der Waals surface area contributed by atoms with Gasteiger partial charge in [0.1, 0.15) is 0 Å².